The van der Waals surface area contributed by atoms with Gasteiger partial charge in [-0.05, 0) is 36.6 Å². The summed E-state index contributed by atoms with van der Waals surface area (Å²) >= 11 is 0. The molecule has 0 atom stereocenters. The van der Waals surface area contributed by atoms with E-state index in [-0.39, 0.29) is 11.7 Å². The first-order valence-electron chi connectivity index (χ1n) is 4.46. The third-order valence-corrected chi connectivity index (χ3v) is 2.04. The molecule has 0 saturated heterocycles. The van der Waals surface area contributed by atoms with Crippen molar-refractivity contribution < 1.29 is 5.11 Å². The molecule has 0 amide bonds. The molecule has 76 valence electrons. The van der Waals surface area contributed by atoms with Gasteiger partial charge in [0.25, 0.3) is 0 Å². The lowest BCUT2D eigenvalue weighted by Crippen LogP contribution is -2.31. The largest absolute Gasteiger partial charge is 0.508 e. The van der Waals surface area contributed by atoms with Crippen molar-refractivity contribution in [2.75, 3.05) is 6.54 Å². The highest BCUT2D eigenvalue weighted by Crippen LogP contribution is 2.15. The summed E-state index contributed by atoms with van der Waals surface area (Å²) in [5, 5.41) is 19.0. The number of phenols is 1. The molecule has 4 heteroatoms. The summed E-state index contributed by atoms with van der Waals surface area (Å²) in [5.74, 6) is 0.247. The number of aromatic hydroxyl groups is 1. The lowest BCUT2D eigenvalue weighted by molar-refractivity contribution is 0.474. The van der Waals surface area contributed by atoms with E-state index in [0.717, 1.165) is 17.5 Å². The Labute approximate surface area is 83.3 Å². The van der Waals surface area contributed by atoms with Gasteiger partial charge in [-0.25, -0.2) is 0 Å². The Kier molecular flexibility index (Phi) is 3.34. The zero-order valence-electron chi connectivity index (χ0n) is 8.17. The number of guanidine groups is 1. The van der Waals surface area contributed by atoms with Gasteiger partial charge in [0.05, 0.1) is 0 Å². The highest BCUT2D eigenvalue weighted by atomic mass is 16.3. The van der Waals surface area contributed by atoms with E-state index in [9.17, 15) is 5.11 Å². The van der Waals surface area contributed by atoms with Crippen LogP contribution in [0.2, 0.25) is 0 Å². The maximum Gasteiger partial charge on any atom is 0.185 e. The van der Waals surface area contributed by atoms with E-state index >= 15 is 0 Å². The van der Waals surface area contributed by atoms with E-state index in [1.54, 1.807) is 12.1 Å². The summed E-state index contributed by atoms with van der Waals surface area (Å²) in [4.78, 5) is 0. The zero-order valence-corrected chi connectivity index (χ0v) is 8.17. The molecule has 1 rings (SSSR count). The monoisotopic (exact) mass is 193 g/mol. The van der Waals surface area contributed by atoms with E-state index < -0.39 is 0 Å². The topological polar surface area (TPSA) is 82.1 Å². The Morgan fingerprint density at radius 1 is 1.57 bits per heavy atom. The number of phenolic OH excluding ortho intramolecular Hbond substituents is 1. The van der Waals surface area contributed by atoms with Crippen molar-refractivity contribution in [3.05, 3.63) is 29.3 Å². The summed E-state index contributed by atoms with van der Waals surface area (Å²) < 4.78 is 0. The summed E-state index contributed by atoms with van der Waals surface area (Å²) in [6.07, 6.45) is 0.750. The predicted octanol–water partition coefficient (Wildman–Crippen LogP) is 0.726. The van der Waals surface area contributed by atoms with Gasteiger partial charge in [-0.3, -0.25) is 5.41 Å². The Balaban J connectivity index is 2.57. The van der Waals surface area contributed by atoms with E-state index in [0.29, 0.717) is 6.54 Å². The molecular formula is C10H15N3O. The molecule has 14 heavy (non-hydrogen) atoms. The van der Waals surface area contributed by atoms with Gasteiger partial charge in [-0.2, -0.15) is 0 Å². The van der Waals surface area contributed by atoms with E-state index in [4.69, 9.17) is 11.1 Å². The third kappa shape index (κ3) is 2.97. The van der Waals surface area contributed by atoms with Crippen molar-refractivity contribution >= 4 is 5.96 Å². The predicted molar refractivity (Wildman–Crippen MR) is 56.5 cm³/mol. The van der Waals surface area contributed by atoms with Crippen LogP contribution in [-0.2, 0) is 6.42 Å². The molecule has 5 N–H and O–H groups in total. The van der Waals surface area contributed by atoms with Gasteiger partial charge >= 0.3 is 0 Å². The Morgan fingerprint density at radius 2 is 2.29 bits per heavy atom. The summed E-state index contributed by atoms with van der Waals surface area (Å²) in [7, 11) is 0. The smallest absolute Gasteiger partial charge is 0.185 e. The maximum absolute atomic E-state index is 9.26. The lowest BCUT2D eigenvalue weighted by atomic mass is 10.1. The molecule has 0 aliphatic rings. The van der Waals surface area contributed by atoms with Gasteiger partial charge in [0.2, 0.25) is 0 Å². The SMILES string of the molecule is Cc1ccc(O)cc1CCNC(=N)N. The lowest BCUT2D eigenvalue weighted by Gasteiger charge is -2.07. The van der Waals surface area contributed by atoms with Crippen LogP contribution in [0.4, 0.5) is 0 Å². The summed E-state index contributed by atoms with van der Waals surface area (Å²) in [6, 6.07) is 5.27. The molecule has 0 aliphatic carbocycles. The molecule has 0 aromatic heterocycles. The van der Waals surface area contributed by atoms with Crippen molar-refractivity contribution in [1.82, 2.24) is 5.32 Å². The van der Waals surface area contributed by atoms with Crippen LogP contribution in [0.25, 0.3) is 0 Å². The van der Waals surface area contributed by atoms with E-state index in [2.05, 4.69) is 5.32 Å². The molecule has 0 unspecified atom stereocenters. The van der Waals surface area contributed by atoms with Crippen molar-refractivity contribution in [2.45, 2.75) is 13.3 Å². The minimum atomic E-state index is -0.0252. The molecule has 0 spiro atoms. The molecule has 0 heterocycles. The van der Waals surface area contributed by atoms with Crippen LogP contribution in [0.5, 0.6) is 5.75 Å². The van der Waals surface area contributed by atoms with Crippen LogP contribution in [0, 0.1) is 12.3 Å². The van der Waals surface area contributed by atoms with Crippen LogP contribution in [0.1, 0.15) is 11.1 Å². The summed E-state index contributed by atoms with van der Waals surface area (Å²) in [6.45, 7) is 2.60. The van der Waals surface area contributed by atoms with Gasteiger partial charge in [-0.1, -0.05) is 6.07 Å². The number of nitrogens with two attached hydrogens (primary N) is 1. The molecule has 0 aliphatic heterocycles. The van der Waals surface area contributed by atoms with E-state index in [1.807, 2.05) is 13.0 Å². The number of rotatable bonds is 3. The fourth-order valence-corrected chi connectivity index (χ4v) is 1.26. The fraction of sp³-hybridized carbons (Fsp3) is 0.300. The molecule has 0 saturated carbocycles. The second kappa shape index (κ2) is 4.50. The number of benzene rings is 1. The Hall–Kier alpha value is -1.71. The van der Waals surface area contributed by atoms with Gasteiger partial charge in [0.1, 0.15) is 5.75 Å². The van der Waals surface area contributed by atoms with Crippen LogP contribution in [0.15, 0.2) is 18.2 Å². The van der Waals surface area contributed by atoms with Gasteiger partial charge in [0, 0.05) is 6.54 Å². The first kappa shape index (κ1) is 10.4. The fourth-order valence-electron chi connectivity index (χ4n) is 1.26. The van der Waals surface area contributed by atoms with Crippen molar-refractivity contribution in [3.63, 3.8) is 0 Å². The summed E-state index contributed by atoms with van der Waals surface area (Å²) in [5.41, 5.74) is 7.35. The number of hydrogen-bond donors (Lipinski definition) is 4. The van der Waals surface area contributed by atoms with Crippen LogP contribution < -0.4 is 11.1 Å². The van der Waals surface area contributed by atoms with Crippen molar-refractivity contribution in [2.24, 2.45) is 5.73 Å². The molecule has 0 radical (unpaired) electrons. The number of hydrogen-bond acceptors (Lipinski definition) is 2. The van der Waals surface area contributed by atoms with Crippen LogP contribution in [-0.4, -0.2) is 17.6 Å². The molecule has 1 aromatic carbocycles. The van der Waals surface area contributed by atoms with Crippen molar-refractivity contribution in [3.8, 4) is 5.75 Å². The van der Waals surface area contributed by atoms with Gasteiger partial charge < -0.3 is 16.2 Å². The average Bonchev–Trinajstić information content (AvgIpc) is 2.10. The first-order chi connectivity index (χ1) is 6.59. The highest BCUT2D eigenvalue weighted by Gasteiger charge is 1.99. The van der Waals surface area contributed by atoms with Crippen molar-refractivity contribution in [1.29, 1.82) is 5.41 Å². The quantitative estimate of drug-likeness (QED) is 0.422. The molecule has 0 fully saturated rings. The number of aryl methyl sites for hydroxylation is 1. The van der Waals surface area contributed by atoms with Gasteiger partial charge in [-0.15, -0.1) is 0 Å². The molecule has 4 nitrogen and oxygen atoms in total. The first-order valence-corrected chi connectivity index (χ1v) is 4.46. The third-order valence-electron chi connectivity index (χ3n) is 2.04. The standard InChI is InChI=1S/C10H15N3O/c1-7-2-3-9(14)6-8(7)4-5-13-10(11)12/h2-3,6,14H,4-5H2,1H3,(H4,11,12,13). The molecule has 1 aromatic rings. The molecule has 0 bridgehead atoms. The second-order valence-electron chi connectivity index (χ2n) is 3.20. The minimum Gasteiger partial charge on any atom is -0.508 e. The van der Waals surface area contributed by atoms with Gasteiger partial charge in [0.15, 0.2) is 5.96 Å². The zero-order chi connectivity index (χ0) is 10.6. The minimum absolute atomic E-state index is 0.0252. The highest BCUT2D eigenvalue weighted by molar-refractivity contribution is 5.74. The number of nitrogens with one attached hydrogen (secondary N) is 2. The van der Waals surface area contributed by atoms with Crippen LogP contribution in [0.3, 0.4) is 0 Å². The second-order valence-corrected chi connectivity index (χ2v) is 3.20. The van der Waals surface area contributed by atoms with E-state index in [1.165, 1.54) is 0 Å². The Morgan fingerprint density at radius 3 is 2.93 bits per heavy atom. The molecular weight excluding hydrogens is 178 g/mol. The normalized spacial score (nSPS) is 9.79. The Bertz CT molecular complexity index is 336. The average molecular weight is 193 g/mol. The van der Waals surface area contributed by atoms with Crippen LogP contribution >= 0.6 is 0 Å². The maximum atomic E-state index is 9.26.